The fourth-order valence-electron chi connectivity index (χ4n) is 1.88. The van der Waals surface area contributed by atoms with Crippen molar-refractivity contribution in [2.75, 3.05) is 6.54 Å². The Morgan fingerprint density at radius 2 is 2.05 bits per heavy atom. The fraction of sp³-hybridized carbons (Fsp3) is 0.188. The van der Waals surface area contributed by atoms with Gasteiger partial charge in [-0.05, 0) is 36.4 Å². The van der Waals surface area contributed by atoms with Gasteiger partial charge in [0.25, 0.3) is 5.91 Å². The lowest BCUT2D eigenvalue weighted by Gasteiger charge is -2.11. The number of nitrogens with one attached hydrogen (secondary N) is 1. The molecule has 21 heavy (non-hydrogen) atoms. The van der Waals surface area contributed by atoms with Crippen LogP contribution in [0.5, 0.6) is 11.5 Å². The highest BCUT2D eigenvalue weighted by atomic mass is 79.9. The largest absolute Gasteiger partial charge is 0.456 e. The monoisotopic (exact) mass is 348 g/mol. The van der Waals surface area contributed by atoms with Crippen LogP contribution in [-0.2, 0) is 6.54 Å². The van der Waals surface area contributed by atoms with Crippen molar-refractivity contribution in [1.29, 1.82) is 0 Å². The Hall–Kier alpha value is -1.85. The third kappa shape index (κ3) is 4.06. The van der Waals surface area contributed by atoms with Crippen LogP contribution in [0.15, 0.2) is 46.9 Å². The van der Waals surface area contributed by atoms with Crippen LogP contribution in [0.1, 0.15) is 22.8 Å². The summed E-state index contributed by atoms with van der Waals surface area (Å²) in [5, 5.41) is 3.27. The molecule has 4 nitrogen and oxygen atoms in total. The van der Waals surface area contributed by atoms with E-state index in [0.717, 1.165) is 23.1 Å². The summed E-state index contributed by atoms with van der Waals surface area (Å²) in [4.78, 5) is 11.4. The quantitative estimate of drug-likeness (QED) is 0.840. The molecule has 0 bridgehead atoms. The van der Waals surface area contributed by atoms with Crippen molar-refractivity contribution in [3.8, 4) is 11.5 Å². The van der Waals surface area contributed by atoms with E-state index in [1.807, 2.05) is 18.2 Å². The normalized spacial score (nSPS) is 10.4. The van der Waals surface area contributed by atoms with Crippen LogP contribution in [0.4, 0.5) is 0 Å². The van der Waals surface area contributed by atoms with E-state index >= 15 is 0 Å². The first-order valence-corrected chi connectivity index (χ1v) is 7.47. The molecule has 0 saturated heterocycles. The van der Waals surface area contributed by atoms with Crippen molar-refractivity contribution >= 4 is 21.8 Å². The van der Waals surface area contributed by atoms with Gasteiger partial charge in [0, 0.05) is 11.0 Å². The zero-order valence-electron chi connectivity index (χ0n) is 11.7. The Labute approximate surface area is 132 Å². The van der Waals surface area contributed by atoms with Crippen LogP contribution >= 0.6 is 15.9 Å². The van der Waals surface area contributed by atoms with Crippen molar-refractivity contribution in [2.24, 2.45) is 5.73 Å². The van der Waals surface area contributed by atoms with Gasteiger partial charge in [0.2, 0.25) is 0 Å². The summed E-state index contributed by atoms with van der Waals surface area (Å²) in [5.41, 5.74) is 6.85. The predicted octanol–water partition coefficient (Wildman–Crippen LogP) is 3.45. The Kier molecular flexibility index (Phi) is 5.36. The summed E-state index contributed by atoms with van der Waals surface area (Å²) in [6, 6.07) is 12.7. The third-order valence-corrected chi connectivity index (χ3v) is 3.71. The molecule has 0 spiro atoms. The standard InChI is InChI=1S/C16H17BrN2O2/c1-2-19-10-11-7-8-12(9-14(11)17)21-15-6-4-3-5-13(15)16(18)20/h3-9,19H,2,10H2,1H3,(H2,18,20). The van der Waals surface area contributed by atoms with Crippen LogP contribution in [0.25, 0.3) is 0 Å². The molecule has 0 aliphatic heterocycles. The Balaban J connectivity index is 2.21. The van der Waals surface area contributed by atoms with E-state index < -0.39 is 5.91 Å². The maximum Gasteiger partial charge on any atom is 0.252 e. The van der Waals surface area contributed by atoms with Crippen LogP contribution in [0.3, 0.4) is 0 Å². The number of hydrogen-bond donors (Lipinski definition) is 2. The molecule has 0 aliphatic carbocycles. The van der Waals surface area contributed by atoms with E-state index in [1.165, 1.54) is 0 Å². The Morgan fingerprint density at radius 3 is 2.71 bits per heavy atom. The lowest BCUT2D eigenvalue weighted by molar-refractivity contribution is 0.0998. The molecular formula is C16H17BrN2O2. The van der Waals surface area contributed by atoms with Crippen LogP contribution in [0, 0.1) is 0 Å². The van der Waals surface area contributed by atoms with Gasteiger partial charge in [-0.15, -0.1) is 0 Å². The maximum atomic E-state index is 11.4. The third-order valence-electron chi connectivity index (χ3n) is 2.97. The maximum absolute atomic E-state index is 11.4. The molecule has 1 amide bonds. The summed E-state index contributed by atoms with van der Waals surface area (Å²) < 4.78 is 6.72. The number of rotatable bonds is 6. The molecule has 0 unspecified atom stereocenters. The van der Waals surface area contributed by atoms with Gasteiger partial charge in [-0.25, -0.2) is 0 Å². The van der Waals surface area contributed by atoms with Crippen molar-refractivity contribution < 1.29 is 9.53 Å². The number of nitrogens with two attached hydrogens (primary N) is 1. The minimum Gasteiger partial charge on any atom is -0.456 e. The van der Waals surface area contributed by atoms with Crippen molar-refractivity contribution in [3.63, 3.8) is 0 Å². The van der Waals surface area contributed by atoms with Crippen LogP contribution < -0.4 is 15.8 Å². The summed E-state index contributed by atoms with van der Waals surface area (Å²) in [6.07, 6.45) is 0. The Bertz CT molecular complexity index is 644. The van der Waals surface area contributed by atoms with E-state index in [2.05, 4.69) is 28.2 Å². The number of carbonyl (C=O) groups excluding carboxylic acids is 1. The van der Waals surface area contributed by atoms with E-state index in [0.29, 0.717) is 17.1 Å². The number of amides is 1. The molecule has 2 aromatic carbocycles. The first-order valence-electron chi connectivity index (χ1n) is 6.67. The average Bonchev–Trinajstić information content (AvgIpc) is 2.47. The van der Waals surface area contributed by atoms with Crippen molar-refractivity contribution in [3.05, 3.63) is 58.1 Å². The van der Waals surface area contributed by atoms with Crippen LogP contribution in [-0.4, -0.2) is 12.5 Å². The molecule has 0 radical (unpaired) electrons. The number of carbonyl (C=O) groups is 1. The SMILES string of the molecule is CCNCc1ccc(Oc2ccccc2C(N)=O)cc1Br. The van der Waals surface area contributed by atoms with Gasteiger partial charge in [-0.2, -0.15) is 0 Å². The van der Waals surface area contributed by atoms with E-state index in [-0.39, 0.29) is 0 Å². The molecule has 110 valence electrons. The number of hydrogen-bond acceptors (Lipinski definition) is 3. The molecule has 0 aliphatic rings. The molecular weight excluding hydrogens is 332 g/mol. The van der Waals surface area contributed by atoms with Gasteiger partial charge in [-0.3, -0.25) is 4.79 Å². The van der Waals surface area contributed by atoms with E-state index in [9.17, 15) is 4.79 Å². The summed E-state index contributed by atoms with van der Waals surface area (Å²) in [6.45, 7) is 3.76. The van der Waals surface area contributed by atoms with Crippen molar-refractivity contribution in [2.45, 2.75) is 13.5 Å². The molecule has 5 heteroatoms. The van der Waals surface area contributed by atoms with E-state index in [4.69, 9.17) is 10.5 Å². The summed E-state index contributed by atoms with van der Waals surface area (Å²) in [5.74, 6) is 0.598. The topological polar surface area (TPSA) is 64.3 Å². The van der Waals surface area contributed by atoms with Gasteiger partial charge in [0.15, 0.2) is 0 Å². The first kappa shape index (κ1) is 15.5. The Morgan fingerprint density at radius 1 is 1.29 bits per heavy atom. The highest BCUT2D eigenvalue weighted by Gasteiger charge is 2.10. The summed E-state index contributed by atoms with van der Waals surface area (Å²) >= 11 is 3.53. The smallest absolute Gasteiger partial charge is 0.252 e. The molecule has 0 aromatic heterocycles. The number of benzene rings is 2. The van der Waals surface area contributed by atoms with Gasteiger partial charge in [0.05, 0.1) is 5.56 Å². The van der Waals surface area contributed by atoms with E-state index in [1.54, 1.807) is 24.3 Å². The molecule has 0 saturated carbocycles. The predicted molar refractivity (Wildman–Crippen MR) is 86.6 cm³/mol. The van der Waals surface area contributed by atoms with Crippen molar-refractivity contribution in [1.82, 2.24) is 5.32 Å². The second-order valence-electron chi connectivity index (χ2n) is 4.50. The lowest BCUT2D eigenvalue weighted by atomic mass is 10.2. The van der Waals surface area contributed by atoms with Gasteiger partial charge < -0.3 is 15.8 Å². The van der Waals surface area contributed by atoms with Gasteiger partial charge in [-0.1, -0.05) is 41.1 Å². The number of halogens is 1. The highest BCUT2D eigenvalue weighted by molar-refractivity contribution is 9.10. The molecule has 0 fully saturated rings. The molecule has 2 rings (SSSR count). The summed E-state index contributed by atoms with van der Waals surface area (Å²) in [7, 11) is 0. The minimum atomic E-state index is -0.506. The number of para-hydroxylation sites is 1. The highest BCUT2D eigenvalue weighted by Crippen LogP contribution is 2.29. The zero-order valence-corrected chi connectivity index (χ0v) is 13.3. The lowest BCUT2D eigenvalue weighted by Crippen LogP contribution is -2.12. The second kappa shape index (κ2) is 7.24. The molecule has 0 heterocycles. The number of primary amides is 1. The molecule has 2 aromatic rings. The number of ether oxygens (including phenoxy) is 1. The molecule has 0 atom stereocenters. The van der Waals surface area contributed by atoms with Gasteiger partial charge >= 0.3 is 0 Å². The molecule has 3 N–H and O–H groups in total. The minimum absolute atomic E-state index is 0.366. The average molecular weight is 349 g/mol. The van der Waals surface area contributed by atoms with Crippen LogP contribution in [0.2, 0.25) is 0 Å². The second-order valence-corrected chi connectivity index (χ2v) is 5.35. The first-order chi connectivity index (χ1) is 10.1. The van der Waals surface area contributed by atoms with Gasteiger partial charge in [0.1, 0.15) is 11.5 Å². The zero-order chi connectivity index (χ0) is 15.2. The fourth-order valence-corrected chi connectivity index (χ4v) is 2.38.